The van der Waals surface area contributed by atoms with Crippen LogP contribution in [0.5, 0.6) is 11.5 Å². The Kier molecular flexibility index (Phi) is 7.37. The number of hydrogen-bond acceptors (Lipinski definition) is 3. The van der Waals surface area contributed by atoms with Gasteiger partial charge in [0, 0.05) is 30.1 Å². The van der Waals surface area contributed by atoms with Crippen LogP contribution in [0.15, 0.2) is 18.2 Å². The Balaban J connectivity index is 3.13. The maximum Gasteiger partial charge on any atom is 0.254 e. The molecule has 0 aliphatic heterocycles. The van der Waals surface area contributed by atoms with Crippen molar-refractivity contribution in [2.24, 2.45) is 0 Å². The Bertz CT molecular complexity index is 439. The predicted molar refractivity (Wildman–Crippen MR) is 85.7 cm³/mol. The van der Waals surface area contributed by atoms with Gasteiger partial charge in [0.05, 0.1) is 14.2 Å². The topological polar surface area (TPSA) is 38.8 Å². The second-order valence-corrected chi connectivity index (χ2v) is 5.14. The molecular formula is C16H24ClNO3. The minimum Gasteiger partial charge on any atom is -0.497 e. The average molecular weight is 314 g/mol. The maximum absolute atomic E-state index is 12.8. The minimum absolute atomic E-state index is 0.0402. The van der Waals surface area contributed by atoms with E-state index in [-0.39, 0.29) is 11.9 Å². The maximum atomic E-state index is 12.8. The summed E-state index contributed by atoms with van der Waals surface area (Å²) in [5, 5.41) is 0. The number of alkyl halides is 1. The number of halogens is 1. The summed E-state index contributed by atoms with van der Waals surface area (Å²) in [4.78, 5) is 14.6. The first-order valence-electron chi connectivity index (χ1n) is 7.21. The fourth-order valence-corrected chi connectivity index (χ4v) is 2.55. The third kappa shape index (κ3) is 4.53. The van der Waals surface area contributed by atoms with Gasteiger partial charge in [-0.05, 0) is 25.0 Å². The zero-order valence-corrected chi connectivity index (χ0v) is 13.9. The lowest BCUT2D eigenvalue weighted by Gasteiger charge is -2.30. The summed E-state index contributed by atoms with van der Waals surface area (Å²) in [5.41, 5.74) is 0.559. The van der Waals surface area contributed by atoms with Gasteiger partial charge in [0.15, 0.2) is 0 Å². The van der Waals surface area contributed by atoms with Crippen LogP contribution in [0.3, 0.4) is 0 Å². The van der Waals surface area contributed by atoms with Crippen LogP contribution in [0.4, 0.5) is 0 Å². The van der Waals surface area contributed by atoms with E-state index in [0.29, 0.717) is 29.5 Å². The largest absolute Gasteiger partial charge is 0.497 e. The number of amides is 1. The summed E-state index contributed by atoms with van der Waals surface area (Å²) < 4.78 is 10.4. The Morgan fingerprint density at radius 1 is 1.14 bits per heavy atom. The molecule has 5 heteroatoms. The highest BCUT2D eigenvalue weighted by Gasteiger charge is 2.22. The zero-order valence-electron chi connectivity index (χ0n) is 13.2. The summed E-state index contributed by atoms with van der Waals surface area (Å²) >= 11 is 5.86. The molecule has 0 atom stereocenters. The van der Waals surface area contributed by atoms with Crippen molar-refractivity contribution in [3.05, 3.63) is 23.8 Å². The highest BCUT2D eigenvalue weighted by atomic mass is 35.5. The van der Waals surface area contributed by atoms with E-state index in [1.165, 1.54) is 0 Å². The fraction of sp³-hybridized carbons (Fsp3) is 0.562. The molecule has 1 aromatic rings. The quantitative estimate of drug-likeness (QED) is 0.689. The number of hydrogen-bond donors (Lipinski definition) is 0. The molecule has 1 aromatic carbocycles. The molecule has 1 amide bonds. The average Bonchev–Trinajstić information content (AvgIpc) is 2.53. The molecule has 0 heterocycles. The molecule has 0 fully saturated rings. The van der Waals surface area contributed by atoms with Gasteiger partial charge in [0.1, 0.15) is 11.5 Å². The van der Waals surface area contributed by atoms with E-state index in [9.17, 15) is 4.79 Å². The number of benzene rings is 1. The molecule has 21 heavy (non-hydrogen) atoms. The Morgan fingerprint density at radius 3 is 2.05 bits per heavy atom. The SMILES string of the molecule is CCC(CC)N(CCCl)C(=O)c1cc(OC)cc(OC)c1. The molecule has 0 saturated carbocycles. The molecule has 0 N–H and O–H groups in total. The van der Waals surface area contributed by atoms with Gasteiger partial charge in [0.2, 0.25) is 0 Å². The number of rotatable bonds is 8. The molecule has 4 nitrogen and oxygen atoms in total. The standard InChI is InChI=1S/C16H24ClNO3/c1-5-13(6-2)18(8-7-17)16(19)12-9-14(20-3)11-15(10-12)21-4/h9-11,13H,5-8H2,1-4H3. The van der Waals surface area contributed by atoms with Crippen LogP contribution >= 0.6 is 11.6 Å². The predicted octanol–water partition coefficient (Wildman–Crippen LogP) is 3.57. The molecule has 0 radical (unpaired) electrons. The van der Waals surface area contributed by atoms with Crippen LogP contribution in [0.1, 0.15) is 37.0 Å². The highest BCUT2D eigenvalue weighted by molar-refractivity contribution is 6.18. The van der Waals surface area contributed by atoms with Crippen LogP contribution in [-0.2, 0) is 0 Å². The van der Waals surface area contributed by atoms with Crippen LogP contribution in [0, 0.1) is 0 Å². The molecule has 0 unspecified atom stereocenters. The first-order chi connectivity index (χ1) is 10.1. The van der Waals surface area contributed by atoms with Crippen molar-refractivity contribution in [3.63, 3.8) is 0 Å². The number of carbonyl (C=O) groups is 1. The van der Waals surface area contributed by atoms with Crippen molar-refractivity contribution < 1.29 is 14.3 Å². The third-order valence-electron chi connectivity index (χ3n) is 3.57. The molecule has 0 bridgehead atoms. The summed E-state index contributed by atoms with van der Waals surface area (Å²) in [6.07, 6.45) is 1.81. The summed E-state index contributed by atoms with van der Waals surface area (Å²) in [7, 11) is 3.14. The van der Waals surface area contributed by atoms with Gasteiger partial charge in [-0.15, -0.1) is 11.6 Å². The van der Waals surface area contributed by atoms with Crippen molar-refractivity contribution in [1.82, 2.24) is 4.90 Å². The van der Waals surface area contributed by atoms with Crippen LogP contribution in [0.2, 0.25) is 0 Å². The summed E-state index contributed by atoms with van der Waals surface area (Å²) in [5.74, 6) is 1.59. The van der Waals surface area contributed by atoms with Crippen molar-refractivity contribution in [3.8, 4) is 11.5 Å². The minimum atomic E-state index is -0.0402. The molecule has 0 aromatic heterocycles. The van der Waals surface area contributed by atoms with E-state index in [0.717, 1.165) is 12.8 Å². The molecule has 1 rings (SSSR count). The highest BCUT2D eigenvalue weighted by Crippen LogP contribution is 2.24. The van der Waals surface area contributed by atoms with E-state index >= 15 is 0 Å². The Morgan fingerprint density at radius 2 is 1.67 bits per heavy atom. The normalized spacial score (nSPS) is 10.6. The number of ether oxygens (including phenoxy) is 2. The fourth-order valence-electron chi connectivity index (χ4n) is 2.37. The van der Waals surface area contributed by atoms with Crippen LogP contribution in [0.25, 0.3) is 0 Å². The van der Waals surface area contributed by atoms with E-state index in [4.69, 9.17) is 21.1 Å². The lowest BCUT2D eigenvalue weighted by molar-refractivity contribution is 0.0681. The molecule has 0 spiro atoms. The van der Waals surface area contributed by atoms with Gasteiger partial charge in [-0.25, -0.2) is 0 Å². The summed E-state index contributed by atoms with van der Waals surface area (Å²) in [6, 6.07) is 5.40. The molecule has 0 aliphatic carbocycles. The van der Waals surface area contributed by atoms with Gasteiger partial charge in [-0.3, -0.25) is 4.79 Å². The molecule has 0 aliphatic rings. The van der Waals surface area contributed by atoms with Crippen molar-refractivity contribution in [1.29, 1.82) is 0 Å². The van der Waals surface area contributed by atoms with E-state index in [1.807, 2.05) is 4.90 Å². The second-order valence-electron chi connectivity index (χ2n) is 4.76. The molecule has 118 valence electrons. The monoisotopic (exact) mass is 313 g/mol. The number of methoxy groups -OCH3 is 2. The van der Waals surface area contributed by atoms with Crippen molar-refractivity contribution in [2.45, 2.75) is 32.7 Å². The van der Waals surface area contributed by atoms with Gasteiger partial charge in [-0.2, -0.15) is 0 Å². The van der Waals surface area contributed by atoms with E-state index in [2.05, 4.69) is 13.8 Å². The van der Waals surface area contributed by atoms with E-state index < -0.39 is 0 Å². The smallest absolute Gasteiger partial charge is 0.254 e. The van der Waals surface area contributed by atoms with E-state index in [1.54, 1.807) is 32.4 Å². The van der Waals surface area contributed by atoms with Gasteiger partial charge in [-0.1, -0.05) is 13.8 Å². The first kappa shape index (κ1) is 17.6. The summed E-state index contributed by atoms with van der Waals surface area (Å²) in [6.45, 7) is 4.69. The van der Waals surface area contributed by atoms with Crippen molar-refractivity contribution in [2.75, 3.05) is 26.6 Å². The molecular weight excluding hydrogens is 290 g/mol. The van der Waals surface area contributed by atoms with Gasteiger partial charge < -0.3 is 14.4 Å². The van der Waals surface area contributed by atoms with Gasteiger partial charge >= 0.3 is 0 Å². The third-order valence-corrected chi connectivity index (χ3v) is 3.74. The Labute approximate surface area is 132 Å². The van der Waals surface area contributed by atoms with Crippen molar-refractivity contribution >= 4 is 17.5 Å². The number of nitrogens with zero attached hydrogens (tertiary/aromatic N) is 1. The first-order valence-corrected chi connectivity index (χ1v) is 7.74. The Hall–Kier alpha value is -1.42. The lowest BCUT2D eigenvalue weighted by Crippen LogP contribution is -2.41. The van der Waals surface area contributed by atoms with Crippen LogP contribution in [-0.4, -0.2) is 43.5 Å². The zero-order chi connectivity index (χ0) is 15.8. The lowest BCUT2D eigenvalue weighted by atomic mass is 10.1. The van der Waals surface area contributed by atoms with Gasteiger partial charge in [0.25, 0.3) is 5.91 Å². The second kappa shape index (κ2) is 8.78. The number of carbonyl (C=O) groups excluding carboxylic acids is 1. The molecule has 0 saturated heterocycles. The van der Waals surface area contributed by atoms with Crippen LogP contribution < -0.4 is 9.47 Å².